The highest BCUT2D eigenvalue weighted by molar-refractivity contribution is 5.74. The molecule has 1 rings (SSSR count). The standard InChI is InChI=1S/C19H36O2/c1-3-5-6-7-8-9-10-11-14-19(18(20)21)15-12-17(4-2)13-16-19/h17H,3-16H2,1-2H3,(H,20,21). The zero-order chi connectivity index (χ0) is 15.6. The van der Waals surface area contributed by atoms with Crippen molar-refractivity contribution in [1.82, 2.24) is 0 Å². The molecule has 0 radical (unpaired) electrons. The maximum absolute atomic E-state index is 11.7. The monoisotopic (exact) mass is 296 g/mol. The zero-order valence-electron chi connectivity index (χ0n) is 14.3. The lowest BCUT2D eigenvalue weighted by atomic mass is 9.67. The summed E-state index contributed by atoms with van der Waals surface area (Å²) in [6.45, 7) is 4.48. The molecule has 124 valence electrons. The van der Waals surface area contributed by atoms with Gasteiger partial charge in [-0.25, -0.2) is 0 Å². The quantitative estimate of drug-likeness (QED) is 0.462. The minimum atomic E-state index is -0.528. The van der Waals surface area contributed by atoms with Gasteiger partial charge >= 0.3 is 5.97 Å². The van der Waals surface area contributed by atoms with Crippen LogP contribution in [-0.2, 0) is 4.79 Å². The van der Waals surface area contributed by atoms with Crippen LogP contribution < -0.4 is 0 Å². The van der Waals surface area contributed by atoms with Gasteiger partial charge in [0.1, 0.15) is 0 Å². The molecule has 0 aromatic carbocycles. The van der Waals surface area contributed by atoms with E-state index >= 15 is 0 Å². The Kier molecular flexibility index (Phi) is 9.03. The lowest BCUT2D eigenvalue weighted by molar-refractivity contribution is -0.152. The Morgan fingerprint density at radius 3 is 1.95 bits per heavy atom. The molecule has 1 N–H and O–H groups in total. The minimum absolute atomic E-state index is 0.381. The fourth-order valence-electron chi connectivity index (χ4n) is 3.81. The summed E-state index contributed by atoms with van der Waals surface area (Å²) in [6, 6.07) is 0. The van der Waals surface area contributed by atoms with Gasteiger partial charge in [0, 0.05) is 0 Å². The molecule has 0 aliphatic heterocycles. The summed E-state index contributed by atoms with van der Waals surface area (Å²) in [5, 5.41) is 9.65. The van der Waals surface area contributed by atoms with E-state index in [1.165, 1.54) is 51.4 Å². The van der Waals surface area contributed by atoms with Gasteiger partial charge in [0.25, 0.3) is 0 Å². The number of hydrogen-bond acceptors (Lipinski definition) is 1. The molecule has 0 saturated heterocycles. The first-order valence-corrected chi connectivity index (χ1v) is 9.38. The Morgan fingerprint density at radius 1 is 0.952 bits per heavy atom. The molecule has 2 nitrogen and oxygen atoms in total. The van der Waals surface area contributed by atoms with Gasteiger partial charge < -0.3 is 5.11 Å². The molecular weight excluding hydrogens is 260 g/mol. The fourth-order valence-corrected chi connectivity index (χ4v) is 3.81. The van der Waals surface area contributed by atoms with E-state index in [1.54, 1.807) is 0 Å². The van der Waals surface area contributed by atoms with Crippen LogP contribution in [0, 0.1) is 11.3 Å². The molecule has 1 aliphatic rings. The van der Waals surface area contributed by atoms with Gasteiger partial charge in [-0.05, 0) is 38.0 Å². The van der Waals surface area contributed by atoms with Crippen molar-refractivity contribution >= 4 is 5.97 Å². The molecule has 0 amide bonds. The lowest BCUT2D eigenvalue weighted by Crippen LogP contribution is -2.35. The van der Waals surface area contributed by atoms with Crippen molar-refractivity contribution in [3.8, 4) is 0 Å². The predicted octanol–water partition coefficient (Wildman–Crippen LogP) is 6.19. The first kappa shape index (κ1) is 18.5. The van der Waals surface area contributed by atoms with Gasteiger partial charge in [-0.2, -0.15) is 0 Å². The van der Waals surface area contributed by atoms with Crippen molar-refractivity contribution < 1.29 is 9.90 Å². The highest BCUT2D eigenvalue weighted by atomic mass is 16.4. The minimum Gasteiger partial charge on any atom is -0.481 e. The average molecular weight is 296 g/mol. The van der Waals surface area contributed by atoms with Crippen molar-refractivity contribution in [2.24, 2.45) is 11.3 Å². The van der Waals surface area contributed by atoms with E-state index in [1.807, 2.05) is 0 Å². The van der Waals surface area contributed by atoms with Crippen molar-refractivity contribution in [3.63, 3.8) is 0 Å². The number of aliphatic carboxylic acids is 1. The van der Waals surface area contributed by atoms with Crippen molar-refractivity contribution in [1.29, 1.82) is 0 Å². The summed E-state index contributed by atoms with van der Waals surface area (Å²) in [4.78, 5) is 11.7. The summed E-state index contributed by atoms with van der Waals surface area (Å²) in [6.07, 6.45) is 16.5. The van der Waals surface area contributed by atoms with Gasteiger partial charge in [0.2, 0.25) is 0 Å². The average Bonchev–Trinajstić information content (AvgIpc) is 2.50. The normalized spacial score (nSPS) is 25.9. The first-order chi connectivity index (χ1) is 10.1. The molecule has 0 bridgehead atoms. The summed E-state index contributed by atoms with van der Waals surface area (Å²) in [5.74, 6) is 0.246. The maximum atomic E-state index is 11.7. The molecule has 1 saturated carbocycles. The molecule has 0 atom stereocenters. The molecule has 0 unspecified atom stereocenters. The molecule has 0 spiro atoms. The van der Waals surface area contributed by atoms with Crippen molar-refractivity contribution in [2.45, 2.75) is 104 Å². The van der Waals surface area contributed by atoms with Gasteiger partial charge in [-0.15, -0.1) is 0 Å². The van der Waals surface area contributed by atoms with E-state index in [0.29, 0.717) is 0 Å². The van der Waals surface area contributed by atoms with Crippen LogP contribution in [0.4, 0.5) is 0 Å². The third-order valence-electron chi connectivity index (χ3n) is 5.60. The fraction of sp³-hybridized carbons (Fsp3) is 0.947. The van der Waals surface area contributed by atoms with Crippen LogP contribution in [0.2, 0.25) is 0 Å². The second-order valence-corrected chi connectivity index (χ2v) is 7.16. The highest BCUT2D eigenvalue weighted by Gasteiger charge is 2.40. The van der Waals surface area contributed by atoms with E-state index in [0.717, 1.165) is 44.4 Å². The van der Waals surface area contributed by atoms with Gasteiger partial charge in [-0.3, -0.25) is 4.79 Å². The van der Waals surface area contributed by atoms with Crippen LogP contribution >= 0.6 is 0 Å². The van der Waals surface area contributed by atoms with E-state index < -0.39 is 5.97 Å². The second kappa shape index (κ2) is 10.2. The van der Waals surface area contributed by atoms with Crippen LogP contribution in [0.1, 0.15) is 104 Å². The number of unbranched alkanes of at least 4 members (excludes halogenated alkanes) is 7. The number of carboxylic acids is 1. The third kappa shape index (κ3) is 6.40. The lowest BCUT2D eigenvalue weighted by Gasteiger charge is -2.36. The Hall–Kier alpha value is -0.530. The second-order valence-electron chi connectivity index (χ2n) is 7.16. The molecule has 1 fully saturated rings. The Balaban J connectivity index is 2.19. The largest absolute Gasteiger partial charge is 0.481 e. The van der Waals surface area contributed by atoms with Crippen LogP contribution in [0.15, 0.2) is 0 Å². The molecule has 0 aromatic heterocycles. The van der Waals surface area contributed by atoms with Gasteiger partial charge in [-0.1, -0.05) is 71.6 Å². The first-order valence-electron chi connectivity index (χ1n) is 9.38. The third-order valence-corrected chi connectivity index (χ3v) is 5.60. The van der Waals surface area contributed by atoms with Crippen LogP contribution in [0.3, 0.4) is 0 Å². The zero-order valence-corrected chi connectivity index (χ0v) is 14.3. The summed E-state index contributed by atoms with van der Waals surface area (Å²) >= 11 is 0. The van der Waals surface area contributed by atoms with Crippen molar-refractivity contribution in [2.75, 3.05) is 0 Å². The smallest absolute Gasteiger partial charge is 0.309 e. The SMILES string of the molecule is CCCCCCCCCCC1(C(=O)O)CCC(CC)CC1. The Bertz CT molecular complexity index is 277. The molecule has 2 heteroatoms. The van der Waals surface area contributed by atoms with Crippen LogP contribution in [-0.4, -0.2) is 11.1 Å². The molecule has 0 heterocycles. The Morgan fingerprint density at radius 2 is 1.48 bits per heavy atom. The topological polar surface area (TPSA) is 37.3 Å². The van der Waals surface area contributed by atoms with Crippen LogP contribution in [0.5, 0.6) is 0 Å². The Labute approximate surface area is 131 Å². The number of rotatable bonds is 11. The van der Waals surface area contributed by atoms with E-state index in [4.69, 9.17) is 0 Å². The molecule has 1 aliphatic carbocycles. The maximum Gasteiger partial charge on any atom is 0.309 e. The predicted molar refractivity (Wildman–Crippen MR) is 89.5 cm³/mol. The van der Waals surface area contributed by atoms with E-state index in [9.17, 15) is 9.90 Å². The molecule has 0 aromatic rings. The highest BCUT2D eigenvalue weighted by Crippen LogP contribution is 2.43. The summed E-state index contributed by atoms with van der Waals surface area (Å²) in [5.41, 5.74) is -0.381. The number of hydrogen-bond donors (Lipinski definition) is 1. The van der Waals surface area contributed by atoms with Crippen molar-refractivity contribution in [3.05, 3.63) is 0 Å². The molecule has 21 heavy (non-hydrogen) atoms. The van der Waals surface area contributed by atoms with Crippen LogP contribution in [0.25, 0.3) is 0 Å². The number of carboxylic acid groups (broad SMARTS) is 1. The van der Waals surface area contributed by atoms with E-state index in [2.05, 4.69) is 13.8 Å². The summed E-state index contributed by atoms with van der Waals surface area (Å²) < 4.78 is 0. The van der Waals surface area contributed by atoms with E-state index in [-0.39, 0.29) is 5.41 Å². The van der Waals surface area contributed by atoms with Gasteiger partial charge in [0.15, 0.2) is 0 Å². The number of carbonyl (C=O) groups is 1. The van der Waals surface area contributed by atoms with Gasteiger partial charge in [0.05, 0.1) is 5.41 Å². The summed E-state index contributed by atoms with van der Waals surface area (Å²) in [7, 11) is 0. The molecular formula is C19H36O2.